The maximum absolute atomic E-state index is 13.8. The van der Waals surface area contributed by atoms with Crippen LogP contribution in [0.15, 0.2) is 30.3 Å². The van der Waals surface area contributed by atoms with Crippen molar-refractivity contribution in [3.05, 3.63) is 41.7 Å². The smallest absolute Gasteiger partial charge is 0.200 e. The van der Waals surface area contributed by atoms with Crippen LogP contribution in [-0.4, -0.2) is 63.4 Å². The van der Waals surface area contributed by atoms with E-state index in [9.17, 15) is 4.39 Å². The molecular formula is C16H18FN7O. The van der Waals surface area contributed by atoms with E-state index in [-0.39, 0.29) is 11.6 Å². The van der Waals surface area contributed by atoms with Gasteiger partial charge in [0.15, 0.2) is 23.0 Å². The van der Waals surface area contributed by atoms with Crippen molar-refractivity contribution in [2.24, 2.45) is 0 Å². The van der Waals surface area contributed by atoms with Gasteiger partial charge in [0.25, 0.3) is 0 Å². The van der Waals surface area contributed by atoms with Gasteiger partial charge in [0.1, 0.15) is 0 Å². The van der Waals surface area contributed by atoms with Crippen LogP contribution in [0.1, 0.15) is 5.56 Å². The predicted octanol–water partition coefficient (Wildman–Crippen LogP) is 0.989. The van der Waals surface area contributed by atoms with E-state index < -0.39 is 0 Å². The van der Waals surface area contributed by atoms with E-state index >= 15 is 0 Å². The van der Waals surface area contributed by atoms with Crippen molar-refractivity contribution >= 4 is 11.5 Å². The van der Waals surface area contributed by atoms with Crippen molar-refractivity contribution < 1.29 is 9.13 Å². The molecule has 1 aromatic carbocycles. The van der Waals surface area contributed by atoms with E-state index in [1.165, 1.54) is 11.7 Å². The minimum Gasteiger partial charge on any atom is -0.494 e. The Kier molecular flexibility index (Phi) is 4.14. The van der Waals surface area contributed by atoms with Crippen LogP contribution in [0.4, 0.5) is 10.2 Å². The molecule has 0 amide bonds. The molecule has 4 rings (SSSR count). The number of benzene rings is 1. The summed E-state index contributed by atoms with van der Waals surface area (Å²) in [6, 6.07) is 8.90. The molecule has 1 fully saturated rings. The fourth-order valence-corrected chi connectivity index (χ4v) is 3.01. The van der Waals surface area contributed by atoms with Gasteiger partial charge < -0.3 is 9.64 Å². The molecular weight excluding hydrogens is 325 g/mol. The zero-order chi connectivity index (χ0) is 17.2. The number of halogens is 1. The lowest BCUT2D eigenvalue weighted by Crippen LogP contribution is -2.46. The highest BCUT2D eigenvalue weighted by Crippen LogP contribution is 2.20. The molecule has 0 aliphatic carbocycles. The fourth-order valence-electron chi connectivity index (χ4n) is 3.01. The second kappa shape index (κ2) is 6.60. The molecule has 0 unspecified atom stereocenters. The molecule has 0 radical (unpaired) electrons. The first-order valence-corrected chi connectivity index (χ1v) is 8.08. The van der Waals surface area contributed by atoms with Gasteiger partial charge in [-0.2, -0.15) is 0 Å². The number of piperazine rings is 1. The van der Waals surface area contributed by atoms with Crippen LogP contribution in [0.5, 0.6) is 5.75 Å². The van der Waals surface area contributed by atoms with Crippen molar-refractivity contribution in [2.75, 3.05) is 38.2 Å². The minimum atomic E-state index is -0.322. The molecule has 0 atom stereocenters. The van der Waals surface area contributed by atoms with Gasteiger partial charge in [0, 0.05) is 32.7 Å². The Labute approximate surface area is 143 Å². The average molecular weight is 343 g/mol. The highest BCUT2D eigenvalue weighted by molar-refractivity contribution is 5.44. The van der Waals surface area contributed by atoms with Gasteiger partial charge >= 0.3 is 0 Å². The third-order valence-corrected chi connectivity index (χ3v) is 4.37. The van der Waals surface area contributed by atoms with E-state index in [0.717, 1.165) is 37.6 Å². The molecule has 0 saturated carbocycles. The van der Waals surface area contributed by atoms with Gasteiger partial charge in [0.2, 0.25) is 0 Å². The van der Waals surface area contributed by atoms with Gasteiger partial charge in [0.05, 0.1) is 7.11 Å². The minimum absolute atomic E-state index is 0.276. The Hall–Kier alpha value is -2.81. The first kappa shape index (κ1) is 15.7. The lowest BCUT2D eigenvalue weighted by molar-refractivity contribution is 0.248. The molecule has 0 bridgehead atoms. The number of hydrogen-bond acceptors (Lipinski definition) is 7. The Morgan fingerprint density at radius 1 is 1.12 bits per heavy atom. The fraction of sp³-hybridized carbons (Fsp3) is 0.375. The predicted molar refractivity (Wildman–Crippen MR) is 89.0 cm³/mol. The van der Waals surface area contributed by atoms with Gasteiger partial charge in [-0.1, -0.05) is 6.07 Å². The van der Waals surface area contributed by atoms with Gasteiger partial charge in [-0.3, -0.25) is 4.90 Å². The summed E-state index contributed by atoms with van der Waals surface area (Å²) in [6.45, 7) is 4.17. The maximum atomic E-state index is 13.8. The van der Waals surface area contributed by atoms with Crippen LogP contribution in [0.2, 0.25) is 0 Å². The molecule has 2 aromatic heterocycles. The molecule has 0 spiro atoms. The molecule has 1 aliphatic heterocycles. The van der Waals surface area contributed by atoms with E-state index in [1.54, 1.807) is 12.1 Å². The summed E-state index contributed by atoms with van der Waals surface area (Å²) >= 11 is 0. The summed E-state index contributed by atoms with van der Waals surface area (Å²) in [4.78, 5) is 4.50. The molecule has 130 valence electrons. The van der Waals surface area contributed by atoms with Crippen molar-refractivity contribution in [1.82, 2.24) is 30.2 Å². The number of ether oxygens (including phenoxy) is 1. The van der Waals surface area contributed by atoms with Gasteiger partial charge in [-0.25, -0.2) is 4.39 Å². The summed E-state index contributed by atoms with van der Waals surface area (Å²) in [5, 5.41) is 15.7. The van der Waals surface area contributed by atoms with Gasteiger partial charge in [-0.05, 0) is 40.3 Å². The number of hydrogen-bond donors (Lipinski definition) is 0. The lowest BCUT2D eigenvalue weighted by atomic mass is 10.2. The standard InChI is InChI=1S/C16H18FN7O/c1-25-14-3-2-12(10-13(14)17)11-22-6-8-23(9-7-22)16-5-4-15-18-20-21-24(15)19-16/h2-5,10H,6-9,11H2,1H3. The van der Waals surface area contributed by atoms with Crippen molar-refractivity contribution in [3.8, 4) is 5.75 Å². The summed E-state index contributed by atoms with van der Waals surface area (Å²) in [6.07, 6.45) is 0. The van der Waals surface area contributed by atoms with Gasteiger partial charge in [-0.15, -0.1) is 14.8 Å². The topological polar surface area (TPSA) is 71.7 Å². The molecule has 8 nitrogen and oxygen atoms in total. The highest BCUT2D eigenvalue weighted by Gasteiger charge is 2.19. The lowest BCUT2D eigenvalue weighted by Gasteiger charge is -2.35. The molecule has 1 saturated heterocycles. The SMILES string of the molecule is COc1ccc(CN2CCN(c3ccc4nnnn4n3)CC2)cc1F. The van der Waals surface area contributed by atoms with Crippen molar-refractivity contribution in [1.29, 1.82) is 0 Å². The van der Waals surface area contributed by atoms with Crippen molar-refractivity contribution in [2.45, 2.75) is 6.54 Å². The molecule has 3 aromatic rings. The summed E-state index contributed by atoms with van der Waals surface area (Å²) in [5.74, 6) is 0.810. The number of anilines is 1. The summed E-state index contributed by atoms with van der Waals surface area (Å²) < 4.78 is 20.2. The highest BCUT2D eigenvalue weighted by atomic mass is 19.1. The van der Waals surface area contributed by atoms with Crippen LogP contribution in [0.3, 0.4) is 0 Å². The maximum Gasteiger partial charge on any atom is 0.200 e. The number of rotatable bonds is 4. The van der Waals surface area contributed by atoms with Crippen molar-refractivity contribution in [3.63, 3.8) is 0 Å². The van der Waals surface area contributed by atoms with Crippen LogP contribution in [-0.2, 0) is 6.54 Å². The Morgan fingerprint density at radius 2 is 1.96 bits per heavy atom. The first-order chi connectivity index (χ1) is 12.2. The quantitative estimate of drug-likeness (QED) is 0.699. The Balaban J connectivity index is 1.38. The van der Waals surface area contributed by atoms with Crippen LogP contribution in [0, 0.1) is 5.82 Å². The first-order valence-electron chi connectivity index (χ1n) is 8.08. The number of aromatic nitrogens is 5. The van der Waals surface area contributed by atoms with E-state index in [0.29, 0.717) is 12.2 Å². The number of methoxy groups -OCH3 is 1. The van der Waals surface area contributed by atoms with Crippen LogP contribution >= 0.6 is 0 Å². The summed E-state index contributed by atoms with van der Waals surface area (Å²) in [7, 11) is 1.47. The zero-order valence-electron chi connectivity index (χ0n) is 13.8. The molecule has 9 heteroatoms. The largest absolute Gasteiger partial charge is 0.494 e. The molecule has 0 N–H and O–H groups in total. The van der Waals surface area contributed by atoms with E-state index in [4.69, 9.17) is 4.74 Å². The zero-order valence-corrected chi connectivity index (χ0v) is 13.8. The normalized spacial score (nSPS) is 15.7. The Bertz CT molecular complexity index is 876. The molecule has 3 heterocycles. The second-order valence-electron chi connectivity index (χ2n) is 5.95. The molecule has 1 aliphatic rings. The molecule has 25 heavy (non-hydrogen) atoms. The second-order valence-corrected chi connectivity index (χ2v) is 5.95. The van der Waals surface area contributed by atoms with E-state index in [2.05, 4.69) is 30.4 Å². The monoisotopic (exact) mass is 343 g/mol. The number of fused-ring (bicyclic) bond motifs is 1. The average Bonchev–Trinajstić information content (AvgIpc) is 3.10. The van der Waals surface area contributed by atoms with Crippen LogP contribution < -0.4 is 9.64 Å². The summed E-state index contributed by atoms with van der Waals surface area (Å²) in [5.41, 5.74) is 1.57. The third kappa shape index (κ3) is 3.22. The third-order valence-electron chi connectivity index (χ3n) is 4.37. The number of tetrazole rings is 1. The number of nitrogens with zero attached hydrogens (tertiary/aromatic N) is 7. The Morgan fingerprint density at radius 3 is 2.72 bits per heavy atom. The van der Waals surface area contributed by atoms with Crippen LogP contribution in [0.25, 0.3) is 5.65 Å². The van der Waals surface area contributed by atoms with E-state index in [1.807, 2.05) is 18.2 Å².